The molecule has 0 aliphatic carbocycles. The van der Waals surface area contributed by atoms with Gasteiger partial charge in [-0.1, -0.05) is 49.2 Å². The normalized spacial score (nSPS) is 19.6. The molecule has 2 aliphatic heterocycles. The molecule has 0 saturated carbocycles. The lowest BCUT2D eigenvalue weighted by Gasteiger charge is -2.32. The lowest BCUT2D eigenvalue weighted by atomic mass is 9.99. The summed E-state index contributed by atoms with van der Waals surface area (Å²) in [6.45, 7) is 11.3. The van der Waals surface area contributed by atoms with E-state index in [1.165, 1.54) is 11.1 Å². The van der Waals surface area contributed by atoms with E-state index in [-0.39, 0.29) is 0 Å². The zero-order valence-electron chi connectivity index (χ0n) is 21.0. The molecule has 3 heterocycles. The minimum atomic E-state index is -1.08. The Kier molecular flexibility index (Phi) is 6.21. The second-order valence-electron chi connectivity index (χ2n) is 10.2. The zero-order chi connectivity index (χ0) is 24.6. The SMILES string of the molecule is Cc1cc(C)cc(C2(N)N=C(Nc3ccc4c(c3)CNCC4)C(c3cnn(CC(C)C)c3)=CN2)c1. The summed E-state index contributed by atoms with van der Waals surface area (Å²) in [5.74, 6) is 0.155. The summed E-state index contributed by atoms with van der Waals surface area (Å²) in [5, 5.41) is 15.0. The lowest BCUT2D eigenvalue weighted by molar-refractivity contribution is 0.411. The Morgan fingerprint density at radius 2 is 1.91 bits per heavy atom. The number of nitrogens with one attached hydrogen (secondary N) is 3. The van der Waals surface area contributed by atoms with E-state index in [0.717, 1.165) is 65.4 Å². The van der Waals surface area contributed by atoms with Gasteiger partial charge in [-0.25, -0.2) is 4.99 Å². The predicted molar refractivity (Wildman–Crippen MR) is 143 cm³/mol. The molecule has 2 aliphatic rings. The molecule has 7 heteroatoms. The molecule has 0 bridgehead atoms. The van der Waals surface area contributed by atoms with Crippen molar-refractivity contribution in [3.05, 3.63) is 88.4 Å². The van der Waals surface area contributed by atoms with Crippen LogP contribution in [0.25, 0.3) is 5.57 Å². The van der Waals surface area contributed by atoms with Gasteiger partial charge in [0, 0.05) is 47.9 Å². The third-order valence-corrected chi connectivity index (χ3v) is 6.49. The van der Waals surface area contributed by atoms with Crippen LogP contribution in [-0.4, -0.2) is 22.2 Å². The van der Waals surface area contributed by atoms with Gasteiger partial charge in [0.2, 0.25) is 5.79 Å². The van der Waals surface area contributed by atoms with Gasteiger partial charge in [0.1, 0.15) is 5.84 Å². The van der Waals surface area contributed by atoms with E-state index < -0.39 is 5.79 Å². The number of aliphatic imine (C=N–C) groups is 1. The zero-order valence-corrected chi connectivity index (χ0v) is 21.0. The van der Waals surface area contributed by atoms with E-state index in [0.29, 0.717) is 5.92 Å². The first kappa shape index (κ1) is 23.3. The quantitative estimate of drug-likeness (QED) is 0.453. The van der Waals surface area contributed by atoms with E-state index in [1.54, 1.807) is 0 Å². The summed E-state index contributed by atoms with van der Waals surface area (Å²) in [6, 6.07) is 12.9. The fourth-order valence-electron chi connectivity index (χ4n) is 4.85. The molecular weight excluding hydrogens is 434 g/mol. The first-order chi connectivity index (χ1) is 16.8. The highest BCUT2D eigenvalue weighted by Crippen LogP contribution is 2.29. The van der Waals surface area contributed by atoms with Crippen molar-refractivity contribution in [3.63, 3.8) is 0 Å². The predicted octanol–water partition coefficient (Wildman–Crippen LogP) is 4.03. The molecule has 3 aromatic rings. The van der Waals surface area contributed by atoms with Gasteiger partial charge < -0.3 is 16.0 Å². The number of hydrogen-bond acceptors (Lipinski definition) is 6. The van der Waals surface area contributed by atoms with Crippen molar-refractivity contribution in [2.75, 3.05) is 11.9 Å². The number of rotatable bonds is 5. The lowest BCUT2D eigenvalue weighted by Crippen LogP contribution is -2.50. The minimum absolute atomic E-state index is 0.512. The van der Waals surface area contributed by atoms with Gasteiger partial charge in [0.25, 0.3) is 0 Å². The van der Waals surface area contributed by atoms with Gasteiger partial charge in [0.15, 0.2) is 0 Å². The van der Waals surface area contributed by atoms with Crippen molar-refractivity contribution in [3.8, 4) is 0 Å². The Morgan fingerprint density at radius 1 is 1.11 bits per heavy atom. The van der Waals surface area contributed by atoms with Gasteiger partial charge >= 0.3 is 0 Å². The molecule has 1 atom stereocenters. The smallest absolute Gasteiger partial charge is 0.211 e. The number of nitrogens with zero attached hydrogens (tertiary/aromatic N) is 3. The highest BCUT2D eigenvalue weighted by Gasteiger charge is 2.32. The summed E-state index contributed by atoms with van der Waals surface area (Å²) in [6.07, 6.45) is 6.98. The molecule has 182 valence electrons. The van der Waals surface area contributed by atoms with Gasteiger partial charge in [-0.3, -0.25) is 10.4 Å². The summed E-state index contributed by atoms with van der Waals surface area (Å²) in [5.41, 5.74) is 15.7. The van der Waals surface area contributed by atoms with Crippen LogP contribution in [0.5, 0.6) is 0 Å². The van der Waals surface area contributed by atoms with E-state index >= 15 is 0 Å². The Morgan fingerprint density at radius 3 is 2.69 bits per heavy atom. The molecular formula is C28H35N7. The van der Waals surface area contributed by atoms with E-state index in [1.807, 2.05) is 17.1 Å². The number of fused-ring (bicyclic) bond motifs is 1. The fourth-order valence-corrected chi connectivity index (χ4v) is 4.85. The maximum atomic E-state index is 6.87. The molecule has 0 radical (unpaired) electrons. The van der Waals surface area contributed by atoms with Crippen LogP contribution < -0.4 is 21.7 Å². The number of nitrogens with two attached hydrogens (primary N) is 1. The van der Waals surface area contributed by atoms with Crippen LogP contribution in [0.1, 0.15) is 47.2 Å². The average molecular weight is 470 g/mol. The van der Waals surface area contributed by atoms with E-state index in [2.05, 4.69) is 91.3 Å². The molecule has 0 amide bonds. The third kappa shape index (κ3) is 5.01. The van der Waals surface area contributed by atoms with Crippen molar-refractivity contribution in [2.24, 2.45) is 16.6 Å². The number of aromatic nitrogens is 2. The van der Waals surface area contributed by atoms with Crippen molar-refractivity contribution >= 4 is 17.1 Å². The Bertz CT molecular complexity index is 1280. The third-order valence-electron chi connectivity index (χ3n) is 6.49. The van der Waals surface area contributed by atoms with Crippen LogP contribution in [0.15, 0.2) is 60.0 Å². The van der Waals surface area contributed by atoms with Crippen LogP contribution in [0.4, 0.5) is 5.69 Å². The largest absolute Gasteiger partial charge is 0.351 e. The van der Waals surface area contributed by atoms with Crippen molar-refractivity contribution in [1.29, 1.82) is 0 Å². The summed E-state index contributed by atoms with van der Waals surface area (Å²) < 4.78 is 1.98. The minimum Gasteiger partial charge on any atom is -0.351 e. The van der Waals surface area contributed by atoms with Crippen molar-refractivity contribution in [1.82, 2.24) is 20.4 Å². The Labute approximate surface area is 207 Å². The number of aryl methyl sites for hydroxylation is 2. The van der Waals surface area contributed by atoms with Crippen LogP contribution in [0, 0.1) is 19.8 Å². The molecule has 0 fully saturated rings. The molecule has 1 unspecified atom stereocenters. The Hall–Kier alpha value is -3.42. The summed E-state index contributed by atoms with van der Waals surface area (Å²) >= 11 is 0. The molecule has 0 spiro atoms. The van der Waals surface area contributed by atoms with Gasteiger partial charge in [-0.05, 0) is 56.0 Å². The molecule has 35 heavy (non-hydrogen) atoms. The number of hydrogen-bond donors (Lipinski definition) is 4. The average Bonchev–Trinajstić information content (AvgIpc) is 3.26. The highest BCUT2D eigenvalue weighted by atomic mass is 15.3. The second-order valence-corrected chi connectivity index (χ2v) is 10.2. The van der Waals surface area contributed by atoms with Gasteiger partial charge in [-0.15, -0.1) is 0 Å². The maximum absolute atomic E-state index is 6.87. The molecule has 5 N–H and O–H groups in total. The van der Waals surface area contributed by atoms with Crippen LogP contribution in [0.2, 0.25) is 0 Å². The van der Waals surface area contributed by atoms with E-state index in [4.69, 9.17) is 10.7 Å². The van der Waals surface area contributed by atoms with Crippen molar-refractivity contribution < 1.29 is 0 Å². The monoisotopic (exact) mass is 469 g/mol. The second kappa shape index (κ2) is 9.32. The first-order valence-electron chi connectivity index (χ1n) is 12.4. The van der Waals surface area contributed by atoms with Crippen molar-refractivity contribution in [2.45, 2.75) is 53.0 Å². The molecule has 5 rings (SSSR count). The molecule has 0 saturated heterocycles. The molecule has 2 aromatic carbocycles. The topological polar surface area (TPSA) is 92.3 Å². The van der Waals surface area contributed by atoms with Crippen LogP contribution in [0.3, 0.4) is 0 Å². The fraction of sp³-hybridized carbons (Fsp3) is 0.357. The number of amidine groups is 1. The highest BCUT2D eigenvalue weighted by molar-refractivity contribution is 6.28. The molecule has 1 aromatic heterocycles. The van der Waals surface area contributed by atoms with Crippen LogP contribution in [-0.2, 0) is 25.3 Å². The van der Waals surface area contributed by atoms with Gasteiger partial charge in [0.05, 0.1) is 6.20 Å². The number of benzene rings is 2. The summed E-state index contributed by atoms with van der Waals surface area (Å²) in [7, 11) is 0. The van der Waals surface area contributed by atoms with Gasteiger partial charge in [-0.2, -0.15) is 5.10 Å². The first-order valence-corrected chi connectivity index (χ1v) is 12.4. The maximum Gasteiger partial charge on any atom is 0.211 e. The van der Waals surface area contributed by atoms with E-state index in [9.17, 15) is 0 Å². The number of anilines is 1. The summed E-state index contributed by atoms with van der Waals surface area (Å²) in [4.78, 5) is 5.05. The standard InChI is InChI=1S/C28H35N7/c1-18(2)16-35-17-23(14-32-35)26-15-31-28(29,24-10-19(3)9-20(4)11-24)34-27(26)33-25-6-5-21-7-8-30-13-22(21)12-25/h5-6,9-12,14-15,17-18,30-31H,7-8,13,16,29H2,1-4H3,(H,33,34). The molecule has 7 nitrogen and oxygen atoms in total. The Balaban J connectivity index is 1.53. The van der Waals surface area contributed by atoms with Crippen LogP contribution >= 0.6 is 0 Å².